The van der Waals surface area contributed by atoms with Gasteiger partial charge in [0.2, 0.25) is 0 Å². The largest absolute Gasteiger partial charge is 0.502 e. The molecular weight excluding hydrogens is 447 g/mol. The highest BCUT2D eigenvalue weighted by atomic mass is 35.5. The monoisotopic (exact) mass is 466 g/mol. The molecular formula is C25H20ClFN2O4. The number of methoxy groups -OCH3 is 1. The van der Waals surface area contributed by atoms with E-state index in [1.54, 1.807) is 49.6 Å². The second-order valence-corrected chi connectivity index (χ2v) is 7.86. The maximum Gasteiger partial charge on any atom is 0.271 e. The molecule has 1 atom stereocenters. The van der Waals surface area contributed by atoms with Crippen molar-refractivity contribution < 1.29 is 14.2 Å². The fourth-order valence-corrected chi connectivity index (χ4v) is 3.69. The van der Waals surface area contributed by atoms with Crippen LogP contribution in [-0.2, 0) is 4.74 Å². The van der Waals surface area contributed by atoms with Crippen molar-refractivity contribution in [2.75, 3.05) is 23.9 Å². The molecule has 0 aliphatic carbocycles. The smallest absolute Gasteiger partial charge is 0.271 e. The number of nitrogens with one attached hydrogen (secondary N) is 1. The minimum absolute atomic E-state index is 0.135. The Morgan fingerprint density at radius 1 is 1.00 bits per heavy atom. The first-order chi connectivity index (χ1) is 15.9. The molecule has 8 heteroatoms. The van der Waals surface area contributed by atoms with Crippen molar-refractivity contribution in [3.05, 3.63) is 110 Å². The van der Waals surface area contributed by atoms with E-state index in [0.29, 0.717) is 22.8 Å². The van der Waals surface area contributed by atoms with Crippen LogP contribution in [0.15, 0.2) is 82.4 Å². The van der Waals surface area contributed by atoms with Gasteiger partial charge in [0, 0.05) is 29.2 Å². The lowest BCUT2D eigenvalue weighted by atomic mass is 10.1. The molecule has 0 aliphatic rings. The molecule has 0 heterocycles. The van der Waals surface area contributed by atoms with Gasteiger partial charge < -0.3 is 20.1 Å². The Balaban J connectivity index is 1.70. The molecule has 2 N–H and O–H groups in total. The Labute approximate surface area is 194 Å². The average Bonchev–Trinajstić information content (AvgIpc) is 2.83. The van der Waals surface area contributed by atoms with E-state index < -0.39 is 22.7 Å². The molecule has 0 aliphatic heterocycles. The van der Waals surface area contributed by atoms with E-state index in [4.69, 9.17) is 16.3 Å². The first kappa shape index (κ1) is 22.5. The molecule has 168 valence electrons. The first-order valence-electron chi connectivity index (χ1n) is 10.1. The standard InChI is InChI=1S/C25H20ClFN2O4/c1-33-21(15-4-2-5-17(27)12-15)14-29(19-10-8-16(26)9-11-19)20-7-3-6-18(13-20)28-22-23(30)25(32)24(22)31/h2-13,21,28,30H,14H2,1H3. The number of benzene rings is 3. The van der Waals surface area contributed by atoms with Gasteiger partial charge >= 0.3 is 0 Å². The summed E-state index contributed by atoms with van der Waals surface area (Å²) in [7, 11) is 1.56. The summed E-state index contributed by atoms with van der Waals surface area (Å²) in [5.74, 6) is -0.933. The predicted octanol–water partition coefficient (Wildman–Crippen LogP) is 5.05. The van der Waals surface area contributed by atoms with Crippen LogP contribution in [0.4, 0.5) is 27.1 Å². The first-order valence-corrected chi connectivity index (χ1v) is 10.5. The predicted molar refractivity (Wildman–Crippen MR) is 127 cm³/mol. The van der Waals surface area contributed by atoms with Crippen molar-refractivity contribution >= 4 is 34.4 Å². The molecule has 4 aromatic rings. The number of hydrogen-bond acceptors (Lipinski definition) is 6. The van der Waals surface area contributed by atoms with Crippen LogP contribution in [0.2, 0.25) is 5.02 Å². The van der Waals surface area contributed by atoms with Gasteiger partial charge in [0.05, 0.1) is 6.54 Å². The average molecular weight is 467 g/mol. The van der Waals surface area contributed by atoms with Gasteiger partial charge in [0.25, 0.3) is 10.9 Å². The minimum Gasteiger partial charge on any atom is -0.502 e. The fourth-order valence-electron chi connectivity index (χ4n) is 3.56. The van der Waals surface area contributed by atoms with Gasteiger partial charge in [-0.3, -0.25) is 9.59 Å². The Bertz CT molecular complexity index is 1350. The number of anilines is 4. The third kappa shape index (κ3) is 4.74. The second kappa shape index (κ2) is 9.44. The Kier molecular flexibility index (Phi) is 6.44. The highest BCUT2D eigenvalue weighted by molar-refractivity contribution is 6.30. The van der Waals surface area contributed by atoms with E-state index in [9.17, 15) is 19.1 Å². The summed E-state index contributed by atoms with van der Waals surface area (Å²) in [5.41, 5.74) is 0.927. The van der Waals surface area contributed by atoms with Crippen LogP contribution in [0.25, 0.3) is 0 Å². The summed E-state index contributed by atoms with van der Waals surface area (Å²) in [6.45, 7) is 0.344. The van der Waals surface area contributed by atoms with E-state index in [-0.39, 0.29) is 11.5 Å². The van der Waals surface area contributed by atoms with Crippen molar-refractivity contribution in [2.45, 2.75) is 6.10 Å². The van der Waals surface area contributed by atoms with Crippen LogP contribution in [0.5, 0.6) is 5.75 Å². The maximum absolute atomic E-state index is 13.8. The molecule has 0 amide bonds. The van der Waals surface area contributed by atoms with E-state index in [0.717, 1.165) is 11.4 Å². The van der Waals surface area contributed by atoms with Crippen LogP contribution in [0.1, 0.15) is 11.7 Å². The Hall–Kier alpha value is -3.68. The lowest BCUT2D eigenvalue weighted by Gasteiger charge is -2.30. The molecule has 1 unspecified atom stereocenters. The zero-order chi connectivity index (χ0) is 23.5. The van der Waals surface area contributed by atoms with Gasteiger partial charge in [-0.15, -0.1) is 0 Å². The number of aromatic hydroxyl groups is 1. The summed E-state index contributed by atoms with van der Waals surface area (Å²) in [6, 6.07) is 20.6. The zero-order valence-corrected chi connectivity index (χ0v) is 18.3. The third-order valence-electron chi connectivity index (χ3n) is 5.30. The summed E-state index contributed by atoms with van der Waals surface area (Å²) in [6.07, 6.45) is -0.453. The molecule has 0 bridgehead atoms. The number of nitrogens with zero attached hydrogens (tertiary/aromatic N) is 1. The topological polar surface area (TPSA) is 78.9 Å². The zero-order valence-electron chi connectivity index (χ0n) is 17.6. The molecule has 33 heavy (non-hydrogen) atoms. The van der Waals surface area contributed by atoms with Crippen LogP contribution >= 0.6 is 11.6 Å². The van der Waals surface area contributed by atoms with Gasteiger partial charge in [-0.25, -0.2) is 4.39 Å². The van der Waals surface area contributed by atoms with E-state index >= 15 is 0 Å². The van der Waals surface area contributed by atoms with Crippen LogP contribution in [-0.4, -0.2) is 18.8 Å². The van der Waals surface area contributed by atoms with Gasteiger partial charge in [-0.05, 0) is 60.2 Å². The highest BCUT2D eigenvalue weighted by Gasteiger charge is 2.22. The van der Waals surface area contributed by atoms with E-state index in [2.05, 4.69) is 5.32 Å². The minimum atomic E-state index is -0.908. The number of hydrogen-bond donors (Lipinski definition) is 2. The van der Waals surface area contributed by atoms with Crippen LogP contribution in [0.3, 0.4) is 0 Å². The lowest BCUT2D eigenvalue weighted by Crippen LogP contribution is -2.32. The van der Waals surface area contributed by atoms with Crippen molar-refractivity contribution in [1.29, 1.82) is 0 Å². The maximum atomic E-state index is 13.8. The van der Waals surface area contributed by atoms with Gasteiger partial charge in [0.1, 0.15) is 17.6 Å². The highest BCUT2D eigenvalue weighted by Crippen LogP contribution is 2.33. The summed E-state index contributed by atoms with van der Waals surface area (Å²) >= 11 is 6.07. The SMILES string of the molecule is COC(CN(c1ccc(Cl)cc1)c1cccc(Nc2c(O)c(=O)c2=O)c1)c1cccc(F)c1. The quantitative estimate of drug-likeness (QED) is 0.354. The lowest BCUT2D eigenvalue weighted by molar-refractivity contribution is 0.110. The summed E-state index contributed by atoms with van der Waals surface area (Å²) in [4.78, 5) is 25.0. The van der Waals surface area contributed by atoms with E-state index in [1.165, 1.54) is 12.1 Å². The normalized spacial score (nSPS) is 12.0. The van der Waals surface area contributed by atoms with Crippen LogP contribution in [0, 0.1) is 5.82 Å². The number of halogens is 2. The summed E-state index contributed by atoms with van der Waals surface area (Å²) < 4.78 is 19.5. The molecule has 4 rings (SSSR count). The van der Waals surface area contributed by atoms with Crippen LogP contribution < -0.4 is 21.1 Å². The van der Waals surface area contributed by atoms with Crippen molar-refractivity contribution in [3.8, 4) is 5.75 Å². The van der Waals surface area contributed by atoms with Crippen molar-refractivity contribution in [1.82, 2.24) is 0 Å². The van der Waals surface area contributed by atoms with Gasteiger partial charge in [-0.2, -0.15) is 0 Å². The molecule has 4 aromatic carbocycles. The number of ether oxygens (including phenoxy) is 1. The van der Waals surface area contributed by atoms with Gasteiger partial charge in [-0.1, -0.05) is 29.8 Å². The molecule has 0 saturated heterocycles. The molecule has 6 nitrogen and oxygen atoms in total. The second-order valence-electron chi connectivity index (χ2n) is 7.42. The Morgan fingerprint density at radius 3 is 2.39 bits per heavy atom. The van der Waals surface area contributed by atoms with Crippen molar-refractivity contribution in [3.63, 3.8) is 0 Å². The fraction of sp³-hybridized carbons (Fsp3) is 0.120. The van der Waals surface area contributed by atoms with Crippen molar-refractivity contribution in [2.24, 2.45) is 0 Å². The molecule has 0 spiro atoms. The molecule has 0 aromatic heterocycles. The summed E-state index contributed by atoms with van der Waals surface area (Å²) in [5, 5.41) is 13.0. The molecule has 0 radical (unpaired) electrons. The Morgan fingerprint density at radius 2 is 1.73 bits per heavy atom. The van der Waals surface area contributed by atoms with Gasteiger partial charge in [0.15, 0.2) is 5.75 Å². The molecule has 0 saturated carbocycles. The third-order valence-corrected chi connectivity index (χ3v) is 5.56. The van der Waals surface area contributed by atoms with E-state index in [1.807, 2.05) is 23.1 Å². The molecule has 0 fully saturated rings. The number of rotatable bonds is 8.